The summed E-state index contributed by atoms with van der Waals surface area (Å²) in [5.41, 5.74) is 2.90. The predicted molar refractivity (Wildman–Crippen MR) is 95.1 cm³/mol. The van der Waals surface area contributed by atoms with Crippen molar-refractivity contribution in [1.82, 2.24) is 10.2 Å². The largest absolute Gasteiger partial charge is 0.369 e. The molecule has 21 heavy (non-hydrogen) atoms. The Kier molecular flexibility index (Phi) is 5.69. The quantitative estimate of drug-likeness (QED) is 0.893. The Morgan fingerprint density at radius 3 is 2.38 bits per heavy atom. The number of halogens is 1. The Morgan fingerprint density at radius 1 is 1.14 bits per heavy atom. The molecule has 1 heterocycles. The fourth-order valence-electron chi connectivity index (χ4n) is 2.67. The monoisotopic (exact) mass is 353 g/mol. The molecular formula is C17H28BrN3. The van der Waals surface area contributed by atoms with E-state index in [1.165, 1.54) is 24.3 Å². The Labute approximate surface area is 137 Å². The van der Waals surface area contributed by atoms with Gasteiger partial charge in [0.2, 0.25) is 0 Å². The second-order valence-electron chi connectivity index (χ2n) is 6.80. The molecule has 1 aliphatic heterocycles. The van der Waals surface area contributed by atoms with Crippen LogP contribution in [0.2, 0.25) is 0 Å². The molecule has 1 aromatic carbocycles. The highest BCUT2D eigenvalue weighted by Gasteiger charge is 2.19. The SMILES string of the molecule is CCN1CCN(c2ccc(Br)cc2CNC(C)(C)C)CC1. The van der Waals surface area contributed by atoms with Gasteiger partial charge in [-0.25, -0.2) is 0 Å². The number of nitrogens with one attached hydrogen (secondary N) is 1. The Bertz CT molecular complexity index is 460. The van der Waals surface area contributed by atoms with E-state index < -0.39 is 0 Å². The number of likely N-dealkylation sites (N-methyl/N-ethyl adjacent to an activating group) is 1. The predicted octanol–water partition coefficient (Wildman–Crippen LogP) is 3.48. The minimum Gasteiger partial charge on any atom is -0.369 e. The van der Waals surface area contributed by atoms with Crippen LogP contribution in [0.3, 0.4) is 0 Å². The van der Waals surface area contributed by atoms with Crippen LogP contribution < -0.4 is 10.2 Å². The number of anilines is 1. The average molecular weight is 354 g/mol. The summed E-state index contributed by atoms with van der Waals surface area (Å²) in [6.07, 6.45) is 0. The number of hydrogen-bond acceptors (Lipinski definition) is 3. The van der Waals surface area contributed by atoms with Gasteiger partial charge < -0.3 is 15.1 Å². The topological polar surface area (TPSA) is 18.5 Å². The first kappa shape index (κ1) is 16.8. The summed E-state index contributed by atoms with van der Waals surface area (Å²) in [7, 11) is 0. The minimum atomic E-state index is 0.139. The van der Waals surface area contributed by atoms with Crippen LogP contribution in [-0.4, -0.2) is 43.2 Å². The van der Waals surface area contributed by atoms with Gasteiger partial charge in [-0.05, 0) is 51.1 Å². The molecule has 0 unspecified atom stereocenters. The lowest BCUT2D eigenvalue weighted by Crippen LogP contribution is -2.46. The fourth-order valence-corrected chi connectivity index (χ4v) is 3.08. The minimum absolute atomic E-state index is 0.139. The molecule has 1 fully saturated rings. The molecule has 3 nitrogen and oxygen atoms in total. The molecule has 1 aliphatic rings. The molecule has 4 heteroatoms. The van der Waals surface area contributed by atoms with Gasteiger partial charge in [-0.1, -0.05) is 22.9 Å². The molecule has 0 spiro atoms. The second kappa shape index (κ2) is 7.12. The highest BCUT2D eigenvalue weighted by molar-refractivity contribution is 9.10. The van der Waals surface area contributed by atoms with Crippen molar-refractivity contribution in [3.63, 3.8) is 0 Å². The van der Waals surface area contributed by atoms with E-state index in [4.69, 9.17) is 0 Å². The number of benzene rings is 1. The van der Waals surface area contributed by atoms with Crippen LogP contribution in [0.5, 0.6) is 0 Å². The molecule has 1 N–H and O–H groups in total. The van der Waals surface area contributed by atoms with Crippen LogP contribution >= 0.6 is 15.9 Å². The van der Waals surface area contributed by atoms with Crippen LogP contribution in [0.1, 0.15) is 33.3 Å². The van der Waals surface area contributed by atoms with E-state index in [1.807, 2.05) is 0 Å². The van der Waals surface area contributed by atoms with E-state index in [0.29, 0.717) is 0 Å². The Hall–Kier alpha value is -0.580. The molecule has 0 bridgehead atoms. The molecule has 118 valence electrons. The zero-order valence-corrected chi connectivity index (χ0v) is 15.3. The first-order valence-electron chi connectivity index (χ1n) is 7.90. The zero-order valence-electron chi connectivity index (χ0n) is 13.7. The lowest BCUT2D eigenvalue weighted by molar-refractivity contribution is 0.271. The summed E-state index contributed by atoms with van der Waals surface area (Å²) in [4.78, 5) is 5.04. The standard InChI is InChI=1S/C17H28BrN3/c1-5-20-8-10-21(11-9-20)16-7-6-15(18)12-14(16)13-19-17(2,3)4/h6-7,12,19H,5,8-11,13H2,1-4H3. The normalized spacial score (nSPS) is 17.3. The summed E-state index contributed by atoms with van der Waals surface area (Å²) in [5.74, 6) is 0. The first-order valence-corrected chi connectivity index (χ1v) is 8.69. The molecule has 2 rings (SSSR count). The number of nitrogens with zero attached hydrogens (tertiary/aromatic N) is 2. The highest BCUT2D eigenvalue weighted by Crippen LogP contribution is 2.26. The van der Waals surface area contributed by atoms with Crippen LogP contribution in [0, 0.1) is 0 Å². The first-order chi connectivity index (χ1) is 9.89. The Balaban J connectivity index is 2.11. The molecule has 0 amide bonds. The van der Waals surface area contributed by atoms with Gasteiger partial charge in [-0.3, -0.25) is 0 Å². The van der Waals surface area contributed by atoms with E-state index in [-0.39, 0.29) is 5.54 Å². The lowest BCUT2D eigenvalue weighted by atomic mass is 10.1. The van der Waals surface area contributed by atoms with E-state index in [0.717, 1.165) is 30.7 Å². The number of rotatable bonds is 4. The molecular weight excluding hydrogens is 326 g/mol. The summed E-state index contributed by atoms with van der Waals surface area (Å²) < 4.78 is 1.16. The van der Waals surface area contributed by atoms with Crippen molar-refractivity contribution in [1.29, 1.82) is 0 Å². The molecule has 0 aliphatic carbocycles. The zero-order chi connectivity index (χ0) is 15.5. The van der Waals surface area contributed by atoms with Gasteiger partial charge in [0.05, 0.1) is 0 Å². The third kappa shape index (κ3) is 4.97. The van der Waals surface area contributed by atoms with Crippen molar-refractivity contribution in [2.75, 3.05) is 37.6 Å². The van der Waals surface area contributed by atoms with Crippen molar-refractivity contribution in [3.8, 4) is 0 Å². The summed E-state index contributed by atoms with van der Waals surface area (Å²) >= 11 is 3.61. The van der Waals surface area contributed by atoms with Gasteiger partial charge >= 0.3 is 0 Å². The smallest absolute Gasteiger partial charge is 0.0413 e. The molecule has 0 aromatic heterocycles. The number of hydrogen-bond donors (Lipinski definition) is 1. The van der Waals surface area contributed by atoms with Gasteiger partial charge in [0.25, 0.3) is 0 Å². The fraction of sp³-hybridized carbons (Fsp3) is 0.647. The van der Waals surface area contributed by atoms with Gasteiger partial charge in [0.15, 0.2) is 0 Å². The van der Waals surface area contributed by atoms with E-state index in [9.17, 15) is 0 Å². The van der Waals surface area contributed by atoms with Crippen molar-refractivity contribution >= 4 is 21.6 Å². The maximum atomic E-state index is 3.61. The highest BCUT2D eigenvalue weighted by atomic mass is 79.9. The maximum absolute atomic E-state index is 3.61. The third-order valence-electron chi connectivity index (χ3n) is 4.01. The van der Waals surface area contributed by atoms with Gasteiger partial charge in [0.1, 0.15) is 0 Å². The number of piperazine rings is 1. The van der Waals surface area contributed by atoms with Crippen molar-refractivity contribution in [2.24, 2.45) is 0 Å². The van der Waals surface area contributed by atoms with Crippen molar-refractivity contribution in [2.45, 2.75) is 39.8 Å². The molecule has 1 aromatic rings. The van der Waals surface area contributed by atoms with Crippen molar-refractivity contribution < 1.29 is 0 Å². The average Bonchev–Trinajstić information content (AvgIpc) is 2.45. The molecule has 0 saturated carbocycles. The molecule has 0 atom stereocenters. The van der Waals surface area contributed by atoms with Gasteiger partial charge in [-0.2, -0.15) is 0 Å². The van der Waals surface area contributed by atoms with E-state index in [2.05, 4.69) is 76.9 Å². The van der Waals surface area contributed by atoms with Gasteiger partial charge in [-0.15, -0.1) is 0 Å². The Morgan fingerprint density at radius 2 is 1.81 bits per heavy atom. The van der Waals surface area contributed by atoms with Crippen molar-refractivity contribution in [3.05, 3.63) is 28.2 Å². The van der Waals surface area contributed by atoms with E-state index in [1.54, 1.807) is 0 Å². The van der Waals surface area contributed by atoms with Crippen LogP contribution in [0.15, 0.2) is 22.7 Å². The van der Waals surface area contributed by atoms with Crippen LogP contribution in [0.25, 0.3) is 0 Å². The lowest BCUT2D eigenvalue weighted by Gasteiger charge is -2.37. The van der Waals surface area contributed by atoms with E-state index >= 15 is 0 Å². The summed E-state index contributed by atoms with van der Waals surface area (Å²) in [6, 6.07) is 6.66. The summed E-state index contributed by atoms with van der Waals surface area (Å²) in [5, 5.41) is 3.61. The molecule has 0 radical (unpaired) electrons. The van der Waals surface area contributed by atoms with Gasteiger partial charge in [0, 0.05) is 48.4 Å². The second-order valence-corrected chi connectivity index (χ2v) is 7.71. The summed E-state index contributed by atoms with van der Waals surface area (Å²) in [6.45, 7) is 15.5. The van der Waals surface area contributed by atoms with Crippen LogP contribution in [-0.2, 0) is 6.54 Å². The maximum Gasteiger partial charge on any atom is 0.0413 e. The van der Waals surface area contributed by atoms with Crippen LogP contribution in [0.4, 0.5) is 5.69 Å². The third-order valence-corrected chi connectivity index (χ3v) is 4.50. The molecule has 1 saturated heterocycles.